The van der Waals surface area contributed by atoms with Crippen molar-refractivity contribution < 1.29 is 31.9 Å². The molecule has 4 amide bonds. The van der Waals surface area contributed by atoms with Crippen LogP contribution in [0.2, 0.25) is 0 Å². The largest absolute Gasteiger partial charge is 0.419 e. The van der Waals surface area contributed by atoms with Crippen molar-refractivity contribution in [2.24, 2.45) is 0 Å². The number of likely N-dealkylation sites (tertiary alicyclic amines) is 1. The molecule has 3 aliphatic rings. The molecule has 186 valence electrons. The number of benzene rings is 3. The van der Waals surface area contributed by atoms with Crippen molar-refractivity contribution in [2.45, 2.75) is 30.7 Å². The number of imide groups is 1. The van der Waals surface area contributed by atoms with Crippen LogP contribution in [0.25, 0.3) is 10.8 Å². The molecule has 0 radical (unpaired) electrons. The Morgan fingerprint density at radius 1 is 1.03 bits per heavy atom. The summed E-state index contributed by atoms with van der Waals surface area (Å²) in [6.45, 7) is 0.0414. The fraction of sp³-hybridized carbons (Fsp3) is 0.231. The molecule has 3 aromatic rings. The third-order valence-corrected chi connectivity index (χ3v) is 7.31. The molecule has 3 aliphatic heterocycles. The quantitative estimate of drug-likeness (QED) is 0.382. The van der Waals surface area contributed by atoms with E-state index in [1.165, 1.54) is 21.9 Å². The van der Waals surface area contributed by atoms with Crippen LogP contribution in [0.3, 0.4) is 0 Å². The van der Waals surface area contributed by atoms with Gasteiger partial charge in [0.15, 0.2) is 0 Å². The molecule has 0 spiro atoms. The Labute approximate surface area is 207 Å². The van der Waals surface area contributed by atoms with E-state index >= 15 is 0 Å². The summed E-state index contributed by atoms with van der Waals surface area (Å²) in [5.41, 5.74) is -1.20. The number of urea groups is 1. The summed E-state index contributed by atoms with van der Waals surface area (Å²) in [6.07, 6.45) is -4.66. The van der Waals surface area contributed by atoms with Crippen LogP contribution in [0, 0.1) is 17.1 Å². The van der Waals surface area contributed by atoms with Gasteiger partial charge in [0.25, 0.3) is 11.8 Å². The summed E-state index contributed by atoms with van der Waals surface area (Å²) < 4.78 is 53.3. The van der Waals surface area contributed by atoms with Crippen molar-refractivity contribution >= 4 is 34.3 Å². The van der Waals surface area contributed by atoms with Crippen LogP contribution in [-0.2, 0) is 11.0 Å². The Bertz CT molecular complexity index is 1560. The fourth-order valence-corrected chi connectivity index (χ4v) is 5.73. The smallest absolute Gasteiger partial charge is 0.331 e. The molecule has 6 rings (SSSR count). The summed E-state index contributed by atoms with van der Waals surface area (Å²) >= 11 is 0. The summed E-state index contributed by atoms with van der Waals surface area (Å²) in [4.78, 5) is 43.9. The third-order valence-electron chi connectivity index (χ3n) is 7.31. The Balaban J connectivity index is 1.34. The highest BCUT2D eigenvalue weighted by Crippen LogP contribution is 2.44. The van der Waals surface area contributed by atoms with Crippen molar-refractivity contribution in [1.29, 1.82) is 5.26 Å². The molecule has 2 bridgehead atoms. The van der Waals surface area contributed by atoms with Gasteiger partial charge in [0, 0.05) is 22.9 Å². The number of anilines is 1. The Kier molecular flexibility index (Phi) is 4.82. The van der Waals surface area contributed by atoms with Crippen molar-refractivity contribution in [3.63, 3.8) is 0 Å². The molecule has 0 aliphatic carbocycles. The maximum Gasteiger partial charge on any atom is 0.419 e. The first kappa shape index (κ1) is 23.0. The van der Waals surface area contributed by atoms with Gasteiger partial charge in [0.1, 0.15) is 11.9 Å². The van der Waals surface area contributed by atoms with Gasteiger partial charge in [0.2, 0.25) is 0 Å². The molecule has 3 fully saturated rings. The summed E-state index contributed by atoms with van der Waals surface area (Å²) in [7, 11) is 0. The number of alkyl halides is 3. The first-order valence-corrected chi connectivity index (χ1v) is 11.4. The number of carbonyl (C=O) groups is 3. The van der Waals surface area contributed by atoms with Crippen LogP contribution in [0.15, 0.2) is 54.6 Å². The minimum atomic E-state index is -4.97. The second-order valence-corrected chi connectivity index (χ2v) is 9.20. The van der Waals surface area contributed by atoms with Crippen LogP contribution in [0.4, 0.5) is 28.0 Å². The first-order valence-electron chi connectivity index (χ1n) is 11.4. The van der Waals surface area contributed by atoms with Gasteiger partial charge in [-0.25, -0.2) is 14.1 Å². The zero-order chi connectivity index (χ0) is 26.2. The van der Waals surface area contributed by atoms with Crippen LogP contribution in [0.5, 0.6) is 0 Å². The van der Waals surface area contributed by atoms with E-state index in [1.54, 1.807) is 24.3 Å². The zero-order valence-corrected chi connectivity index (χ0v) is 18.9. The van der Waals surface area contributed by atoms with Crippen molar-refractivity contribution in [3.8, 4) is 6.07 Å². The number of carbonyl (C=O) groups excluding carboxylic acids is 3. The second-order valence-electron chi connectivity index (χ2n) is 9.20. The van der Waals surface area contributed by atoms with E-state index in [0.717, 1.165) is 11.0 Å². The van der Waals surface area contributed by atoms with Gasteiger partial charge in [-0.05, 0) is 36.8 Å². The van der Waals surface area contributed by atoms with Crippen LogP contribution >= 0.6 is 0 Å². The third kappa shape index (κ3) is 3.21. The zero-order valence-electron chi connectivity index (χ0n) is 18.9. The number of hydrogen-bond donors (Lipinski definition) is 0. The molecule has 0 aromatic heterocycles. The van der Waals surface area contributed by atoms with Crippen LogP contribution < -0.4 is 4.90 Å². The number of halogens is 4. The van der Waals surface area contributed by atoms with Gasteiger partial charge >= 0.3 is 12.2 Å². The standard InChI is InChI=1S/C26H16F4N4O3/c27-19-7-5-13(9-18(19)26(28,29)30)23(35)32-12-15-10-21(32)22-24(36)34(25(37)33(15)22)20-8-6-14(11-31)16-3-1-2-4-17(16)20/h1-9,15,21-22H,10,12H2/t15-,21-,22?/m0/s1. The number of piperazine rings is 1. The van der Waals surface area contributed by atoms with Gasteiger partial charge in [-0.15, -0.1) is 0 Å². The minimum absolute atomic E-state index is 0.0414. The summed E-state index contributed by atoms with van der Waals surface area (Å²) in [5, 5.41) is 10.5. The SMILES string of the molecule is N#Cc1ccc(N2C(=O)C3[C@@H]4C[C@@H](CN4C(=O)c4ccc(F)c(C(F)(F)F)c4)N3C2=O)c2ccccc12. The van der Waals surface area contributed by atoms with E-state index in [9.17, 15) is 37.2 Å². The number of fused-ring (bicyclic) bond motifs is 6. The molecule has 37 heavy (non-hydrogen) atoms. The van der Waals surface area contributed by atoms with E-state index in [2.05, 4.69) is 6.07 Å². The lowest BCUT2D eigenvalue weighted by Crippen LogP contribution is -2.54. The lowest BCUT2D eigenvalue weighted by atomic mass is 10.0. The molecule has 0 N–H and O–H groups in total. The maximum absolute atomic E-state index is 13.7. The van der Waals surface area contributed by atoms with Gasteiger partial charge in [-0.3, -0.25) is 9.59 Å². The number of rotatable bonds is 2. The second kappa shape index (κ2) is 7.77. The number of nitrogens with zero attached hydrogens (tertiary/aromatic N) is 4. The van der Waals surface area contributed by atoms with Crippen molar-refractivity contribution in [1.82, 2.24) is 9.80 Å². The molecule has 7 nitrogen and oxygen atoms in total. The highest BCUT2D eigenvalue weighted by molar-refractivity contribution is 6.25. The normalized spacial score (nSPS) is 22.7. The molecule has 3 heterocycles. The monoisotopic (exact) mass is 508 g/mol. The van der Waals surface area contributed by atoms with Gasteiger partial charge < -0.3 is 9.80 Å². The average Bonchev–Trinajstić information content (AvgIpc) is 3.54. The number of amides is 4. The van der Waals surface area contributed by atoms with Gasteiger partial charge in [-0.2, -0.15) is 18.4 Å². The van der Waals surface area contributed by atoms with Crippen LogP contribution in [0.1, 0.15) is 27.9 Å². The molecule has 11 heteroatoms. The Morgan fingerprint density at radius 2 is 1.76 bits per heavy atom. The first-order chi connectivity index (χ1) is 17.6. The van der Waals surface area contributed by atoms with E-state index in [0.29, 0.717) is 40.6 Å². The lowest BCUT2D eigenvalue weighted by Gasteiger charge is -2.35. The lowest BCUT2D eigenvalue weighted by molar-refractivity contribution is -0.140. The van der Waals surface area contributed by atoms with E-state index in [1.807, 2.05) is 0 Å². The highest BCUT2D eigenvalue weighted by atomic mass is 19.4. The molecular weight excluding hydrogens is 492 g/mol. The molecule has 1 unspecified atom stereocenters. The predicted molar refractivity (Wildman–Crippen MR) is 122 cm³/mol. The summed E-state index contributed by atoms with van der Waals surface area (Å²) in [5.74, 6) is -2.81. The minimum Gasteiger partial charge on any atom is -0.331 e. The number of nitriles is 1. The maximum atomic E-state index is 13.7. The van der Waals surface area contributed by atoms with Crippen molar-refractivity contribution in [2.75, 3.05) is 11.4 Å². The number of hydrogen-bond acceptors (Lipinski definition) is 4. The highest BCUT2D eigenvalue weighted by Gasteiger charge is 2.63. The fourth-order valence-electron chi connectivity index (χ4n) is 5.73. The topological polar surface area (TPSA) is 84.7 Å². The average molecular weight is 508 g/mol. The van der Waals surface area contributed by atoms with Crippen LogP contribution in [-0.4, -0.2) is 52.3 Å². The molecule has 3 saturated heterocycles. The molecule has 3 aromatic carbocycles. The molecule has 0 saturated carbocycles. The molecular formula is C26H16F4N4O3. The predicted octanol–water partition coefficient (Wildman–Crippen LogP) is 4.30. The van der Waals surface area contributed by atoms with E-state index < -0.39 is 53.5 Å². The molecule has 3 atom stereocenters. The van der Waals surface area contributed by atoms with E-state index in [-0.39, 0.29) is 12.1 Å². The van der Waals surface area contributed by atoms with Gasteiger partial charge in [0.05, 0.1) is 35.0 Å². The Hall–Kier alpha value is -4.46. The Morgan fingerprint density at radius 3 is 2.46 bits per heavy atom. The van der Waals surface area contributed by atoms with E-state index in [4.69, 9.17) is 0 Å². The van der Waals surface area contributed by atoms with Gasteiger partial charge in [-0.1, -0.05) is 24.3 Å². The van der Waals surface area contributed by atoms with Crippen molar-refractivity contribution in [3.05, 3.63) is 77.1 Å². The summed E-state index contributed by atoms with van der Waals surface area (Å²) in [6, 6.07) is 11.3.